The van der Waals surface area contributed by atoms with Gasteiger partial charge in [-0.2, -0.15) is 12.6 Å². The zero-order valence-corrected chi connectivity index (χ0v) is 11.1. The van der Waals surface area contributed by atoms with E-state index in [-0.39, 0.29) is 0 Å². The van der Waals surface area contributed by atoms with Gasteiger partial charge in [-0.3, -0.25) is 0 Å². The Morgan fingerprint density at radius 3 is 2.75 bits per heavy atom. The van der Waals surface area contributed by atoms with Crippen molar-refractivity contribution in [3.8, 4) is 0 Å². The molecular formula is C11H12N2S3. The summed E-state index contributed by atoms with van der Waals surface area (Å²) in [4.78, 5) is 0. The van der Waals surface area contributed by atoms with E-state index in [0.717, 1.165) is 15.8 Å². The van der Waals surface area contributed by atoms with Crippen LogP contribution in [0.5, 0.6) is 0 Å². The van der Waals surface area contributed by atoms with Gasteiger partial charge in [0.15, 0.2) is 4.34 Å². The van der Waals surface area contributed by atoms with Crippen molar-refractivity contribution in [3.05, 3.63) is 41.4 Å². The summed E-state index contributed by atoms with van der Waals surface area (Å²) in [5, 5.41) is 7.85. The lowest BCUT2D eigenvalue weighted by molar-refractivity contribution is 0.895. The first-order valence-electron chi connectivity index (χ1n) is 4.95. The lowest BCUT2D eigenvalue weighted by atomic mass is 10.0. The summed E-state index contributed by atoms with van der Waals surface area (Å²) in [5.41, 5.74) is 3.11. The second-order valence-electron chi connectivity index (χ2n) is 3.31. The molecule has 2 nitrogen and oxygen atoms in total. The maximum absolute atomic E-state index is 4.41. The number of hydrogen-bond acceptors (Lipinski definition) is 5. The predicted molar refractivity (Wildman–Crippen MR) is 73.7 cm³/mol. The summed E-state index contributed by atoms with van der Waals surface area (Å²) in [6.07, 6.45) is 0. The Kier molecular flexibility index (Phi) is 4.69. The number of benzene rings is 1. The van der Waals surface area contributed by atoms with E-state index in [1.807, 2.05) is 6.07 Å². The number of thioether (sulfide) groups is 1. The molecule has 0 aliphatic carbocycles. The predicted octanol–water partition coefficient (Wildman–Crippen LogP) is 3.34. The van der Waals surface area contributed by atoms with Crippen LogP contribution in [0.4, 0.5) is 0 Å². The molecule has 0 bridgehead atoms. The van der Waals surface area contributed by atoms with Crippen molar-refractivity contribution in [3.63, 3.8) is 0 Å². The molecule has 5 heteroatoms. The van der Waals surface area contributed by atoms with E-state index in [1.165, 1.54) is 5.56 Å². The highest BCUT2D eigenvalue weighted by atomic mass is 32.2. The van der Waals surface area contributed by atoms with Crippen LogP contribution in [-0.2, 0) is 0 Å². The van der Waals surface area contributed by atoms with Crippen LogP contribution in [0.25, 0.3) is 0 Å². The van der Waals surface area contributed by atoms with Crippen LogP contribution in [-0.4, -0.2) is 21.7 Å². The highest BCUT2D eigenvalue weighted by Crippen LogP contribution is 2.27. The summed E-state index contributed by atoms with van der Waals surface area (Å²) >= 11 is 7.75. The number of rotatable bonds is 5. The van der Waals surface area contributed by atoms with Gasteiger partial charge in [-0.05, 0) is 11.3 Å². The minimum Gasteiger partial charge on any atom is -0.179 e. The van der Waals surface area contributed by atoms with E-state index in [4.69, 9.17) is 0 Å². The van der Waals surface area contributed by atoms with Crippen LogP contribution in [0.1, 0.15) is 11.5 Å². The molecule has 2 rings (SSSR count). The third-order valence-electron chi connectivity index (χ3n) is 2.24. The van der Waals surface area contributed by atoms with E-state index in [2.05, 4.69) is 47.1 Å². The maximum Gasteiger partial charge on any atom is 0.174 e. The number of hydrogen-bond donors (Lipinski definition) is 1. The molecule has 0 aliphatic heterocycles. The molecule has 2 aromatic rings. The van der Waals surface area contributed by atoms with Gasteiger partial charge in [0.1, 0.15) is 5.51 Å². The standard InChI is InChI=1S/C11H12N2S3/c14-6-10(9-4-2-1-3-5-9)7-15-11-13-12-8-16-11/h1-5,8,10,14H,6-7H2. The van der Waals surface area contributed by atoms with Crippen molar-refractivity contribution < 1.29 is 0 Å². The van der Waals surface area contributed by atoms with Gasteiger partial charge in [0.25, 0.3) is 0 Å². The first-order valence-corrected chi connectivity index (χ1v) is 7.44. The molecule has 1 unspecified atom stereocenters. The molecular weight excluding hydrogens is 256 g/mol. The van der Waals surface area contributed by atoms with Gasteiger partial charge in [-0.15, -0.1) is 10.2 Å². The molecule has 1 heterocycles. The van der Waals surface area contributed by atoms with Crippen molar-refractivity contribution in [2.75, 3.05) is 11.5 Å². The summed E-state index contributed by atoms with van der Waals surface area (Å²) in [7, 11) is 0. The number of aromatic nitrogens is 2. The van der Waals surface area contributed by atoms with Crippen molar-refractivity contribution in [2.24, 2.45) is 0 Å². The molecule has 16 heavy (non-hydrogen) atoms. The van der Waals surface area contributed by atoms with Crippen LogP contribution in [0.2, 0.25) is 0 Å². The average molecular weight is 268 g/mol. The van der Waals surface area contributed by atoms with Gasteiger partial charge in [0.2, 0.25) is 0 Å². The second-order valence-corrected chi connectivity index (χ2v) is 5.77. The molecule has 0 saturated heterocycles. The zero-order chi connectivity index (χ0) is 11.2. The fraction of sp³-hybridized carbons (Fsp3) is 0.273. The third kappa shape index (κ3) is 3.23. The average Bonchev–Trinajstić information content (AvgIpc) is 2.84. The van der Waals surface area contributed by atoms with E-state index in [0.29, 0.717) is 5.92 Å². The van der Waals surface area contributed by atoms with Crippen LogP contribution in [0.15, 0.2) is 40.2 Å². The first kappa shape index (κ1) is 12.0. The van der Waals surface area contributed by atoms with Crippen molar-refractivity contribution in [1.29, 1.82) is 0 Å². The lowest BCUT2D eigenvalue weighted by Crippen LogP contribution is -2.03. The normalized spacial score (nSPS) is 12.6. The molecule has 1 atom stereocenters. The Morgan fingerprint density at radius 2 is 2.12 bits per heavy atom. The first-order chi connectivity index (χ1) is 7.90. The molecule has 1 aromatic carbocycles. The molecule has 0 spiro atoms. The fourth-order valence-corrected chi connectivity index (χ4v) is 3.53. The monoisotopic (exact) mass is 268 g/mol. The van der Waals surface area contributed by atoms with Crippen molar-refractivity contribution in [2.45, 2.75) is 10.3 Å². The zero-order valence-electron chi connectivity index (χ0n) is 8.61. The van der Waals surface area contributed by atoms with Gasteiger partial charge in [-0.25, -0.2) is 0 Å². The SMILES string of the molecule is SCC(CSc1nncs1)c1ccccc1. The number of thiol groups is 1. The molecule has 0 N–H and O–H groups in total. The summed E-state index contributed by atoms with van der Waals surface area (Å²) in [6.45, 7) is 0. The van der Waals surface area contributed by atoms with E-state index in [1.54, 1.807) is 28.6 Å². The van der Waals surface area contributed by atoms with Gasteiger partial charge in [-0.1, -0.05) is 53.4 Å². The van der Waals surface area contributed by atoms with Gasteiger partial charge >= 0.3 is 0 Å². The van der Waals surface area contributed by atoms with Crippen LogP contribution < -0.4 is 0 Å². The molecule has 0 aliphatic rings. The van der Waals surface area contributed by atoms with E-state index < -0.39 is 0 Å². The minimum atomic E-state index is 0.471. The van der Waals surface area contributed by atoms with E-state index in [9.17, 15) is 0 Å². The van der Waals surface area contributed by atoms with Crippen molar-refractivity contribution in [1.82, 2.24) is 10.2 Å². The second kappa shape index (κ2) is 6.27. The molecule has 84 valence electrons. The molecule has 0 radical (unpaired) electrons. The third-order valence-corrected chi connectivity index (χ3v) is 4.70. The Labute approximate surface area is 109 Å². The van der Waals surface area contributed by atoms with Crippen LogP contribution in [0, 0.1) is 0 Å². The molecule has 0 fully saturated rings. The Hall–Kier alpha value is -0.520. The Bertz CT molecular complexity index is 402. The Morgan fingerprint density at radius 1 is 1.31 bits per heavy atom. The highest BCUT2D eigenvalue weighted by molar-refractivity contribution is 8.01. The summed E-state index contributed by atoms with van der Waals surface area (Å²) in [6, 6.07) is 10.5. The summed E-state index contributed by atoms with van der Waals surface area (Å²) < 4.78 is 1.03. The minimum absolute atomic E-state index is 0.471. The maximum atomic E-state index is 4.41. The largest absolute Gasteiger partial charge is 0.179 e. The lowest BCUT2D eigenvalue weighted by Gasteiger charge is -2.13. The van der Waals surface area contributed by atoms with Crippen LogP contribution in [0.3, 0.4) is 0 Å². The Balaban J connectivity index is 1.96. The van der Waals surface area contributed by atoms with Gasteiger partial charge in [0.05, 0.1) is 0 Å². The number of nitrogens with zero attached hydrogens (tertiary/aromatic N) is 2. The van der Waals surface area contributed by atoms with Crippen molar-refractivity contribution >= 4 is 35.7 Å². The van der Waals surface area contributed by atoms with Gasteiger partial charge < -0.3 is 0 Å². The molecule has 1 aromatic heterocycles. The van der Waals surface area contributed by atoms with Gasteiger partial charge in [0, 0.05) is 11.7 Å². The quantitative estimate of drug-likeness (QED) is 0.665. The highest BCUT2D eigenvalue weighted by Gasteiger charge is 2.10. The molecule has 0 amide bonds. The van der Waals surface area contributed by atoms with E-state index >= 15 is 0 Å². The summed E-state index contributed by atoms with van der Waals surface area (Å²) in [5.74, 6) is 2.33. The van der Waals surface area contributed by atoms with Crippen LogP contribution >= 0.6 is 35.7 Å². The fourth-order valence-electron chi connectivity index (χ4n) is 1.38. The molecule has 0 saturated carbocycles. The smallest absolute Gasteiger partial charge is 0.174 e. The topological polar surface area (TPSA) is 25.8 Å².